The molecule has 0 radical (unpaired) electrons. The van der Waals surface area contributed by atoms with Crippen molar-refractivity contribution in [3.63, 3.8) is 0 Å². The van der Waals surface area contributed by atoms with Gasteiger partial charge in [-0.2, -0.15) is 5.10 Å². The molecule has 0 amide bonds. The second-order valence-corrected chi connectivity index (χ2v) is 6.78. The van der Waals surface area contributed by atoms with E-state index in [0.29, 0.717) is 6.04 Å². The fraction of sp³-hybridized carbons (Fsp3) is 0.647. The first-order valence-electron chi connectivity index (χ1n) is 8.65. The molecule has 1 N–H and O–H groups in total. The lowest BCUT2D eigenvalue weighted by molar-refractivity contribution is 0.124. The lowest BCUT2D eigenvalue weighted by atomic mass is 10.2. The van der Waals surface area contributed by atoms with Gasteiger partial charge in [-0.3, -0.25) is 10.00 Å². The van der Waals surface area contributed by atoms with Crippen LogP contribution in [0.25, 0.3) is 0 Å². The standard InChI is InChI=1S/C17H25N5O/c1-13-17-18-10-16(4-7-23-12-14-2-3-14)22(17)6-5-21(13)11-15-8-19-20-9-15/h8-10,13-14H,2-7,11-12H2,1H3,(H,19,20)/t13-/m1/s1. The van der Waals surface area contributed by atoms with Gasteiger partial charge in [0, 0.05) is 56.3 Å². The van der Waals surface area contributed by atoms with Crippen molar-refractivity contribution in [1.82, 2.24) is 24.6 Å². The number of nitrogens with one attached hydrogen (secondary N) is 1. The Morgan fingerprint density at radius 3 is 3.00 bits per heavy atom. The monoisotopic (exact) mass is 315 g/mol. The van der Waals surface area contributed by atoms with Gasteiger partial charge in [-0.15, -0.1) is 0 Å². The van der Waals surface area contributed by atoms with E-state index in [1.165, 1.54) is 29.9 Å². The van der Waals surface area contributed by atoms with Crippen molar-refractivity contribution in [2.24, 2.45) is 5.92 Å². The van der Waals surface area contributed by atoms with E-state index in [0.717, 1.165) is 45.2 Å². The van der Waals surface area contributed by atoms with Crippen LogP contribution in [-0.4, -0.2) is 44.4 Å². The molecule has 4 rings (SSSR count). The fourth-order valence-electron chi connectivity index (χ4n) is 3.33. The van der Waals surface area contributed by atoms with Gasteiger partial charge >= 0.3 is 0 Å². The van der Waals surface area contributed by atoms with Crippen molar-refractivity contribution in [2.45, 2.75) is 45.3 Å². The summed E-state index contributed by atoms with van der Waals surface area (Å²) in [6.45, 7) is 6.97. The Hall–Kier alpha value is -1.66. The van der Waals surface area contributed by atoms with Crippen LogP contribution in [0.2, 0.25) is 0 Å². The van der Waals surface area contributed by atoms with Crippen LogP contribution in [0.15, 0.2) is 18.6 Å². The minimum atomic E-state index is 0.333. The number of aromatic amines is 1. The summed E-state index contributed by atoms with van der Waals surface area (Å²) in [5.74, 6) is 2.02. The molecule has 3 heterocycles. The predicted octanol–water partition coefficient (Wildman–Crippen LogP) is 2.15. The maximum atomic E-state index is 5.78. The van der Waals surface area contributed by atoms with E-state index in [1.807, 2.05) is 18.6 Å². The summed E-state index contributed by atoms with van der Waals surface area (Å²) in [7, 11) is 0. The second kappa shape index (κ2) is 6.45. The summed E-state index contributed by atoms with van der Waals surface area (Å²) in [5, 5.41) is 6.92. The van der Waals surface area contributed by atoms with Gasteiger partial charge in [0.1, 0.15) is 5.82 Å². The maximum absolute atomic E-state index is 5.78. The number of hydrogen-bond donors (Lipinski definition) is 1. The predicted molar refractivity (Wildman–Crippen MR) is 86.9 cm³/mol. The number of imidazole rings is 1. The molecule has 0 saturated heterocycles. The average molecular weight is 315 g/mol. The largest absolute Gasteiger partial charge is 0.381 e. The Morgan fingerprint density at radius 1 is 1.30 bits per heavy atom. The zero-order valence-electron chi connectivity index (χ0n) is 13.7. The van der Waals surface area contributed by atoms with Crippen molar-refractivity contribution < 1.29 is 4.74 Å². The highest BCUT2D eigenvalue weighted by atomic mass is 16.5. The molecule has 6 heteroatoms. The summed E-state index contributed by atoms with van der Waals surface area (Å²) in [6.07, 6.45) is 9.58. The summed E-state index contributed by atoms with van der Waals surface area (Å²) >= 11 is 0. The van der Waals surface area contributed by atoms with Crippen molar-refractivity contribution in [1.29, 1.82) is 0 Å². The molecular weight excluding hydrogens is 290 g/mol. The third-order valence-corrected chi connectivity index (χ3v) is 4.99. The first-order valence-corrected chi connectivity index (χ1v) is 8.65. The van der Waals surface area contributed by atoms with Crippen molar-refractivity contribution in [3.05, 3.63) is 35.7 Å². The number of fused-ring (bicyclic) bond motifs is 1. The van der Waals surface area contributed by atoms with E-state index in [1.54, 1.807) is 0 Å². The van der Waals surface area contributed by atoms with Crippen molar-refractivity contribution >= 4 is 0 Å². The average Bonchev–Trinajstić information content (AvgIpc) is 3.07. The SMILES string of the molecule is C[C@@H]1c2ncc(CCOCC3CC3)n2CCN1Cc1cn[nH]c1. The van der Waals surface area contributed by atoms with E-state index >= 15 is 0 Å². The van der Waals surface area contributed by atoms with E-state index in [-0.39, 0.29) is 0 Å². The minimum absolute atomic E-state index is 0.333. The van der Waals surface area contributed by atoms with Crippen molar-refractivity contribution in [2.75, 3.05) is 19.8 Å². The van der Waals surface area contributed by atoms with Gasteiger partial charge in [0.2, 0.25) is 0 Å². The summed E-state index contributed by atoms with van der Waals surface area (Å²) in [4.78, 5) is 7.14. The van der Waals surface area contributed by atoms with Crippen LogP contribution < -0.4 is 0 Å². The third kappa shape index (κ3) is 3.33. The lowest BCUT2D eigenvalue weighted by Crippen LogP contribution is -2.37. The highest BCUT2D eigenvalue weighted by molar-refractivity contribution is 5.12. The van der Waals surface area contributed by atoms with Gasteiger partial charge in [-0.1, -0.05) is 0 Å². The van der Waals surface area contributed by atoms with Crippen molar-refractivity contribution in [3.8, 4) is 0 Å². The van der Waals surface area contributed by atoms with Gasteiger partial charge in [0.05, 0.1) is 18.8 Å². The summed E-state index contributed by atoms with van der Waals surface area (Å²) < 4.78 is 8.16. The molecule has 0 unspecified atom stereocenters. The maximum Gasteiger partial charge on any atom is 0.126 e. The first kappa shape index (κ1) is 14.9. The zero-order valence-corrected chi connectivity index (χ0v) is 13.7. The molecule has 124 valence electrons. The number of rotatable bonds is 7. The number of ether oxygens (including phenoxy) is 1. The van der Waals surface area contributed by atoms with Crippen LogP contribution in [0.1, 0.15) is 42.9 Å². The van der Waals surface area contributed by atoms with E-state index in [2.05, 4.69) is 31.6 Å². The van der Waals surface area contributed by atoms with Crippen LogP contribution in [-0.2, 0) is 24.2 Å². The first-order chi connectivity index (χ1) is 11.3. The van der Waals surface area contributed by atoms with E-state index < -0.39 is 0 Å². The van der Waals surface area contributed by atoms with Gasteiger partial charge in [0.25, 0.3) is 0 Å². The molecule has 0 spiro atoms. The number of aromatic nitrogens is 4. The lowest BCUT2D eigenvalue weighted by Gasteiger charge is -2.34. The number of nitrogens with zero attached hydrogens (tertiary/aromatic N) is 4. The topological polar surface area (TPSA) is 59.0 Å². The molecule has 0 bridgehead atoms. The number of hydrogen-bond acceptors (Lipinski definition) is 4. The molecule has 2 aliphatic rings. The molecule has 6 nitrogen and oxygen atoms in total. The fourth-order valence-corrected chi connectivity index (χ4v) is 3.33. The molecule has 2 aromatic rings. The molecule has 1 atom stereocenters. The second-order valence-electron chi connectivity index (χ2n) is 6.78. The van der Waals surface area contributed by atoms with E-state index in [4.69, 9.17) is 4.74 Å². The van der Waals surface area contributed by atoms with Crippen LogP contribution in [0.4, 0.5) is 0 Å². The molecule has 2 aromatic heterocycles. The molecule has 0 aromatic carbocycles. The highest BCUT2D eigenvalue weighted by Gasteiger charge is 2.27. The molecule has 1 saturated carbocycles. The third-order valence-electron chi connectivity index (χ3n) is 4.99. The molecular formula is C17H25N5O. The molecule has 1 aliphatic heterocycles. The quantitative estimate of drug-likeness (QED) is 0.796. The molecule has 23 heavy (non-hydrogen) atoms. The highest BCUT2D eigenvalue weighted by Crippen LogP contribution is 2.29. The van der Waals surface area contributed by atoms with Gasteiger partial charge in [0.15, 0.2) is 0 Å². The molecule has 1 fully saturated rings. The van der Waals surface area contributed by atoms with Crippen LogP contribution in [0, 0.1) is 5.92 Å². The van der Waals surface area contributed by atoms with Crippen LogP contribution in [0.3, 0.4) is 0 Å². The van der Waals surface area contributed by atoms with Crippen LogP contribution in [0.5, 0.6) is 0 Å². The Labute approximate surface area is 136 Å². The minimum Gasteiger partial charge on any atom is -0.381 e. The number of H-pyrrole nitrogens is 1. The van der Waals surface area contributed by atoms with Gasteiger partial charge in [-0.05, 0) is 25.7 Å². The Balaban J connectivity index is 1.36. The zero-order chi connectivity index (χ0) is 15.6. The Kier molecular flexibility index (Phi) is 4.18. The summed E-state index contributed by atoms with van der Waals surface area (Å²) in [6, 6.07) is 0.333. The Morgan fingerprint density at radius 2 is 2.22 bits per heavy atom. The molecule has 1 aliphatic carbocycles. The smallest absolute Gasteiger partial charge is 0.126 e. The van der Waals surface area contributed by atoms with Gasteiger partial charge in [-0.25, -0.2) is 4.98 Å². The normalized spacial score (nSPS) is 21.5. The van der Waals surface area contributed by atoms with E-state index in [9.17, 15) is 0 Å². The Bertz CT molecular complexity index is 631. The van der Waals surface area contributed by atoms with Crippen LogP contribution >= 0.6 is 0 Å². The summed E-state index contributed by atoms with van der Waals surface area (Å²) in [5.41, 5.74) is 2.54. The van der Waals surface area contributed by atoms with Gasteiger partial charge < -0.3 is 9.30 Å².